The van der Waals surface area contributed by atoms with Gasteiger partial charge in [-0.15, -0.1) is 0 Å². The summed E-state index contributed by atoms with van der Waals surface area (Å²) in [6.45, 7) is 0.216. The highest BCUT2D eigenvalue weighted by molar-refractivity contribution is 7.98. The van der Waals surface area contributed by atoms with Crippen molar-refractivity contribution < 1.29 is 17.2 Å². The van der Waals surface area contributed by atoms with Crippen LogP contribution in [0.25, 0.3) is 0 Å². The average Bonchev–Trinajstić information content (AvgIpc) is 2.37. The quantitative estimate of drug-likeness (QED) is 0.569. The fourth-order valence-electron chi connectivity index (χ4n) is 1.58. The number of halogens is 2. The van der Waals surface area contributed by atoms with Crippen molar-refractivity contribution in [3.63, 3.8) is 0 Å². The van der Waals surface area contributed by atoms with E-state index in [9.17, 15) is 17.2 Å². The second-order valence-electron chi connectivity index (χ2n) is 4.26. The van der Waals surface area contributed by atoms with E-state index in [0.29, 0.717) is 12.5 Å². The van der Waals surface area contributed by atoms with E-state index in [1.54, 1.807) is 11.8 Å². The highest BCUT2D eigenvalue weighted by atomic mass is 32.2. The van der Waals surface area contributed by atoms with E-state index in [1.165, 1.54) is 0 Å². The number of anilines is 1. The molecule has 1 aromatic rings. The molecule has 0 fully saturated rings. The molecule has 0 bridgehead atoms. The average molecular weight is 324 g/mol. The van der Waals surface area contributed by atoms with E-state index in [0.717, 1.165) is 24.7 Å². The molecule has 0 radical (unpaired) electrons. The van der Waals surface area contributed by atoms with E-state index in [2.05, 4.69) is 4.72 Å². The third kappa shape index (κ3) is 4.92. The first-order valence-electron chi connectivity index (χ1n) is 6.11. The molecule has 0 aliphatic heterocycles. The molecule has 4 nitrogen and oxygen atoms in total. The maximum Gasteiger partial charge on any atom is 0.243 e. The fraction of sp³-hybridized carbons (Fsp3) is 0.500. The Morgan fingerprint density at radius 3 is 2.55 bits per heavy atom. The van der Waals surface area contributed by atoms with Gasteiger partial charge in [0.15, 0.2) is 0 Å². The molecule has 1 aromatic carbocycles. The summed E-state index contributed by atoms with van der Waals surface area (Å²) in [5.41, 5.74) is 4.86. The SMILES string of the molecule is CSCCCCCNS(=O)(=O)c1cc(N)c(F)cc1F. The Labute approximate surface area is 122 Å². The molecule has 1 rings (SSSR count). The first kappa shape index (κ1) is 17.2. The smallest absolute Gasteiger partial charge is 0.243 e. The zero-order chi connectivity index (χ0) is 15.2. The van der Waals surface area contributed by atoms with Gasteiger partial charge in [-0.2, -0.15) is 11.8 Å². The summed E-state index contributed by atoms with van der Waals surface area (Å²) in [6.07, 6.45) is 4.56. The van der Waals surface area contributed by atoms with E-state index >= 15 is 0 Å². The third-order valence-corrected chi connectivity index (χ3v) is 4.83. The summed E-state index contributed by atoms with van der Waals surface area (Å²) in [7, 11) is -4.00. The lowest BCUT2D eigenvalue weighted by Gasteiger charge is -2.09. The standard InChI is InChI=1S/C12H18F2N2O2S2/c1-19-6-4-2-3-5-16-20(17,18)12-8-11(15)9(13)7-10(12)14/h7-8,16H,2-6,15H2,1H3. The Morgan fingerprint density at radius 2 is 1.90 bits per heavy atom. The van der Waals surface area contributed by atoms with Gasteiger partial charge >= 0.3 is 0 Å². The molecule has 20 heavy (non-hydrogen) atoms. The van der Waals surface area contributed by atoms with Crippen molar-refractivity contribution in [3.05, 3.63) is 23.8 Å². The van der Waals surface area contributed by atoms with Gasteiger partial charge in [0.1, 0.15) is 16.5 Å². The largest absolute Gasteiger partial charge is 0.396 e. The predicted molar refractivity (Wildman–Crippen MR) is 78.2 cm³/mol. The summed E-state index contributed by atoms with van der Waals surface area (Å²) in [5, 5.41) is 0. The maximum atomic E-state index is 13.5. The first-order chi connectivity index (χ1) is 9.38. The highest BCUT2D eigenvalue weighted by Crippen LogP contribution is 2.20. The topological polar surface area (TPSA) is 72.2 Å². The zero-order valence-corrected chi connectivity index (χ0v) is 12.8. The van der Waals surface area contributed by atoms with E-state index < -0.39 is 32.2 Å². The van der Waals surface area contributed by atoms with Gasteiger partial charge in [-0.3, -0.25) is 0 Å². The molecule has 8 heteroatoms. The molecule has 0 aromatic heterocycles. The molecule has 0 heterocycles. The van der Waals surface area contributed by atoms with E-state index in [-0.39, 0.29) is 6.54 Å². The predicted octanol–water partition coefficient (Wildman–Crippen LogP) is 2.36. The first-order valence-corrected chi connectivity index (χ1v) is 8.99. The van der Waals surface area contributed by atoms with Crippen LogP contribution in [-0.2, 0) is 10.0 Å². The molecule has 0 spiro atoms. The van der Waals surface area contributed by atoms with Gasteiger partial charge in [-0.05, 0) is 30.9 Å². The Bertz CT molecular complexity index is 551. The molecular weight excluding hydrogens is 306 g/mol. The van der Waals surface area contributed by atoms with Gasteiger partial charge in [-0.25, -0.2) is 21.9 Å². The second-order valence-corrected chi connectivity index (χ2v) is 6.98. The molecule has 0 unspecified atom stereocenters. The van der Waals surface area contributed by atoms with Crippen molar-refractivity contribution in [2.75, 3.05) is 24.3 Å². The van der Waals surface area contributed by atoms with Crippen LogP contribution in [0.5, 0.6) is 0 Å². The number of benzene rings is 1. The summed E-state index contributed by atoms with van der Waals surface area (Å²) in [6, 6.07) is 1.27. The van der Waals surface area contributed by atoms with Crippen LogP contribution in [0.1, 0.15) is 19.3 Å². The number of thioether (sulfide) groups is 1. The summed E-state index contributed by atoms with van der Waals surface area (Å²) in [4.78, 5) is -0.625. The van der Waals surface area contributed by atoms with Crippen LogP contribution in [0, 0.1) is 11.6 Å². The van der Waals surface area contributed by atoms with Gasteiger partial charge < -0.3 is 5.73 Å². The lowest BCUT2D eigenvalue weighted by Crippen LogP contribution is -2.26. The van der Waals surface area contributed by atoms with E-state index in [4.69, 9.17) is 5.73 Å². The normalized spacial score (nSPS) is 11.8. The van der Waals surface area contributed by atoms with Gasteiger partial charge in [0.05, 0.1) is 5.69 Å². The van der Waals surface area contributed by atoms with E-state index in [1.807, 2.05) is 6.26 Å². The van der Waals surface area contributed by atoms with Gasteiger partial charge in [0, 0.05) is 12.6 Å². The number of sulfonamides is 1. The Balaban J connectivity index is 2.63. The number of hydrogen-bond acceptors (Lipinski definition) is 4. The molecular formula is C12H18F2N2O2S2. The molecule has 0 aliphatic rings. The number of unbranched alkanes of at least 4 members (excludes halogenated alkanes) is 2. The number of nitrogens with one attached hydrogen (secondary N) is 1. The Kier molecular flexibility index (Phi) is 6.70. The van der Waals surface area contributed by atoms with Crippen molar-refractivity contribution >= 4 is 27.5 Å². The van der Waals surface area contributed by atoms with Crippen LogP contribution in [0.4, 0.5) is 14.5 Å². The lowest BCUT2D eigenvalue weighted by atomic mass is 10.2. The minimum Gasteiger partial charge on any atom is -0.396 e. The van der Waals surface area contributed by atoms with Crippen LogP contribution in [0.15, 0.2) is 17.0 Å². The van der Waals surface area contributed by atoms with Crippen LogP contribution >= 0.6 is 11.8 Å². The minimum absolute atomic E-state index is 0.216. The maximum absolute atomic E-state index is 13.5. The molecule has 0 aliphatic carbocycles. The van der Waals surface area contributed by atoms with Crippen molar-refractivity contribution in [1.82, 2.24) is 4.72 Å². The second kappa shape index (κ2) is 7.80. The van der Waals surface area contributed by atoms with Gasteiger partial charge in [0.25, 0.3) is 0 Å². The molecule has 3 N–H and O–H groups in total. The minimum atomic E-state index is -4.00. The summed E-state index contributed by atoms with van der Waals surface area (Å²) >= 11 is 1.73. The molecule has 0 saturated carbocycles. The number of nitrogens with two attached hydrogens (primary N) is 1. The molecule has 0 amide bonds. The van der Waals surface area contributed by atoms with Crippen LogP contribution in [-0.4, -0.2) is 27.0 Å². The lowest BCUT2D eigenvalue weighted by molar-refractivity contribution is 0.543. The number of hydrogen-bond donors (Lipinski definition) is 2. The van der Waals surface area contributed by atoms with Crippen molar-refractivity contribution in [2.45, 2.75) is 24.2 Å². The molecule has 0 atom stereocenters. The summed E-state index contributed by atoms with van der Waals surface area (Å²) in [5.74, 6) is -1.10. The van der Waals surface area contributed by atoms with Crippen LogP contribution in [0.2, 0.25) is 0 Å². The molecule has 0 saturated heterocycles. The highest BCUT2D eigenvalue weighted by Gasteiger charge is 2.20. The fourth-order valence-corrected chi connectivity index (χ4v) is 3.24. The Morgan fingerprint density at radius 1 is 1.20 bits per heavy atom. The van der Waals surface area contributed by atoms with Crippen molar-refractivity contribution in [3.8, 4) is 0 Å². The number of nitrogen functional groups attached to an aromatic ring is 1. The summed E-state index contributed by atoms with van der Waals surface area (Å²) < 4.78 is 52.5. The zero-order valence-electron chi connectivity index (χ0n) is 11.2. The van der Waals surface area contributed by atoms with Crippen molar-refractivity contribution in [2.24, 2.45) is 0 Å². The van der Waals surface area contributed by atoms with Crippen molar-refractivity contribution in [1.29, 1.82) is 0 Å². The molecule has 114 valence electrons. The van der Waals surface area contributed by atoms with Gasteiger partial charge in [0.2, 0.25) is 10.0 Å². The van der Waals surface area contributed by atoms with Crippen LogP contribution < -0.4 is 10.5 Å². The monoisotopic (exact) mass is 324 g/mol. The Hall–Kier alpha value is -0.860. The number of rotatable bonds is 8. The van der Waals surface area contributed by atoms with Gasteiger partial charge in [-0.1, -0.05) is 6.42 Å². The third-order valence-electron chi connectivity index (χ3n) is 2.66. The van der Waals surface area contributed by atoms with Crippen LogP contribution in [0.3, 0.4) is 0 Å².